The van der Waals surface area contributed by atoms with E-state index in [-0.39, 0.29) is 75.4 Å². The second kappa shape index (κ2) is 59.2. The monoisotopic (exact) mass is 919 g/mol. The number of carbonyl (C=O) groups is 4. The first kappa shape index (κ1) is 66.4. The zero-order valence-electron chi connectivity index (χ0n) is 41.9. The molecule has 9 heteroatoms. The van der Waals surface area contributed by atoms with Gasteiger partial charge in [-0.1, -0.05) is 258 Å². The average Bonchev–Trinajstić information content (AvgIpc) is 3.24. The van der Waals surface area contributed by atoms with E-state index in [0.717, 1.165) is 25.7 Å². The molecular weight excluding hydrogens is 817 g/mol. The fraction of sp³-hybridized carbons (Fsp3) is 0.926. The molecule has 0 saturated carbocycles. The molecule has 0 heterocycles. The first-order chi connectivity index (χ1) is 30.3. The number of hydrogen-bond donors (Lipinski definition) is 0. The van der Waals surface area contributed by atoms with Gasteiger partial charge in [0.2, 0.25) is 0 Å². The molecule has 0 fully saturated rings. The Morgan fingerprint density at radius 1 is 0.270 bits per heavy atom. The molecule has 0 aliphatic heterocycles. The Bertz CT molecular complexity index is 871. The fourth-order valence-electron chi connectivity index (χ4n) is 7.99. The number of carboxylic acids is 2. The van der Waals surface area contributed by atoms with Gasteiger partial charge in [0.15, 0.2) is 0 Å². The summed E-state index contributed by atoms with van der Waals surface area (Å²) < 4.78 is 10.2. The fourth-order valence-corrected chi connectivity index (χ4v) is 7.99. The zero-order chi connectivity index (χ0) is 45.7. The molecule has 0 aromatic rings. The van der Waals surface area contributed by atoms with E-state index in [9.17, 15) is 29.4 Å². The Hall–Kier alpha value is -0.860. The predicted octanol–water partition coefficient (Wildman–Crippen LogP) is 14.2. The van der Waals surface area contributed by atoms with Crippen LogP contribution in [-0.2, 0) is 28.7 Å². The quantitative estimate of drug-likeness (QED) is 0.0335. The van der Waals surface area contributed by atoms with Gasteiger partial charge < -0.3 is 29.3 Å². The average molecular weight is 919 g/mol. The number of unbranched alkanes of at least 4 members (excludes halogenated alkanes) is 38. The topological polar surface area (TPSA) is 133 Å². The number of ether oxygens (including phenoxy) is 2. The molecule has 0 N–H and O–H groups in total. The molecule has 0 saturated heterocycles. The van der Waals surface area contributed by atoms with Gasteiger partial charge in [-0.15, -0.1) is 0 Å². The van der Waals surface area contributed by atoms with Crippen molar-refractivity contribution in [2.24, 2.45) is 0 Å². The van der Waals surface area contributed by atoms with Crippen molar-refractivity contribution in [2.45, 2.75) is 309 Å². The van der Waals surface area contributed by atoms with Crippen molar-refractivity contribution >= 4 is 61.6 Å². The summed E-state index contributed by atoms with van der Waals surface area (Å²) in [4.78, 5) is 43.3. The van der Waals surface area contributed by atoms with Crippen LogP contribution in [-0.4, -0.2) is 74.8 Å². The Morgan fingerprint density at radius 3 is 0.619 bits per heavy atom. The summed E-state index contributed by atoms with van der Waals surface area (Å²) in [7, 11) is 0. The molecule has 0 aliphatic rings. The van der Waals surface area contributed by atoms with Gasteiger partial charge in [-0.25, -0.2) is 0 Å². The third-order valence-corrected chi connectivity index (χ3v) is 12.0. The SMILES string of the molecule is CCCCCCCCCCCCCCCCCCCCCCOC(=O)CCCC(=O)[O-].CCCCCCCCCCCCCCCCCCCCCCOC(=O)CCCC(=O)[O-].[Ca+2]. The molecule has 0 amide bonds. The summed E-state index contributed by atoms with van der Waals surface area (Å²) in [6.45, 7) is 5.48. The minimum atomic E-state index is -1.11. The van der Waals surface area contributed by atoms with Gasteiger partial charge in [0.1, 0.15) is 0 Å². The van der Waals surface area contributed by atoms with Crippen LogP contribution < -0.4 is 10.2 Å². The van der Waals surface area contributed by atoms with Crippen molar-refractivity contribution in [3.05, 3.63) is 0 Å². The Balaban J connectivity index is -0.00000112. The van der Waals surface area contributed by atoms with Crippen molar-refractivity contribution in [3.63, 3.8) is 0 Å². The molecule has 0 bridgehead atoms. The number of hydrogen-bond acceptors (Lipinski definition) is 8. The van der Waals surface area contributed by atoms with Crippen LogP contribution in [0.2, 0.25) is 0 Å². The number of rotatable bonds is 50. The van der Waals surface area contributed by atoms with Gasteiger partial charge in [-0.05, 0) is 38.5 Å². The second-order valence-electron chi connectivity index (χ2n) is 18.3. The Labute approximate surface area is 420 Å². The maximum absolute atomic E-state index is 11.4. The van der Waals surface area contributed by atoms with Crippen LogP contribution in [0.3, 0.4) is 0 Å². The zero-order valence-corrected chi connectivity index (χ0v) is 44.1. The van der Waals surface area contributed by atoms with Crippen LogP contribution in [0.4, 0.5) is 0 Å². The molecule has 368 valence electrons. The van der Waals surface area contributed by atoms with E-state index in [1.165, 1.54) is 231 Å². The summed E-state index contributed by atoms with van der Waals surface area (Å²) >= 11 is 0. The molecule has 63 heavy (non-hydrogen) atoms. The van der Waals surface area contributed by atoms with E-state index in [1.54, 1.807) is 0 Å². The van der Waals surface area contributed by atoms with Gasteiger partial charge in [0.05, 0.1) is 13.2 Å². The molecular formula is C54H102CaO8. The number of carbonyl (C=O) groups excluding carboxylic acids is 4. The maximum Gasteiger partial charge on any atom is 2.00 e. The summed E-state index contributed by atoms with van der Waals surface area (Å²) in [5, 5.41) is 20.5. The smallest absolute Gasteiger partial charge is 0.550 e. The van der Waals surface area contributed by atoms with Crippen molar-refractivity contribution in [1.82, 2.24) is 0 Å². The number of esters is 2. The normalized spacial score (nSPS) is 10.8. The molecule has 0 rings (SSSR count). The van der Waals surface area contributed by atoms with Gasteiger partial charge in [-0.3, -0.25) is 9.59 Å². The standard InChI is InChI=1S/2C27H52O4.Ca/c2*1-2-3-4-5-6-7-8-9-10-11-12-13-14-15-16-17-18-19-20-21-25-31-27(30)24-22-23-26(28)29;/h2*2-25H2,1H3,(H,28,29);/q;;+2/p-2. The van der Waals surface area contributed by atoms with E-state index >= 15 is 0 Å². The Morgan fingerprint density at radius 2 is 0.444 bits per heavy atom. The summed E-state index contributed by atoms with van der Waals surface area (Å²) in [5.41, 5.74) is 0. The minimum absolute atomic E-state index is 0. The molecule has 8 nitrogen and oxygen atoms in total. The van der Waals surface area contributed by atoms with E-state index in [2.05, 4.69) is 13.8 Å². The van der Waals surface area contributed by atoms with E-state index in [0.29, 0.717) is 26.1 Å². The first-order valence-electron chi connectivity index (χ1n) is 27.0. The molecule has 0 unspecified atom stereocenters. The van der Waals surface area contributed by atoms with Crippen LogP contribution >= 0.6 is 0 Å². The van der Waals surface area contributed by atoms with Gasteiger partial charge in [0.25, 0.3) is 0 Å². The molecule has 0 spiro atoms. The molecule has 0 atom stereocenters. The third kappa shape index (κ3) is 65.5. The van der Waals surface area contributed by atoms with Gasteiger partial charge in [-0.2, -0.15) is 0 Å². The van der Waals surface area contributed by atoms with E-state index in [1.807, 2.05) is 0 Å². The summed E-state index contributed by atoms with van der Waals surface area (Å²) in [6.07, 6.45) is 54.9. The van der Waals surface area contributed by atoms with Crippen LogP contribution in [0, 0.1) is 0 Å². The van der Waals surface area contributed by atoms with Crippen LogP contribution in [0.5, 0.6) is 0 Å². The number of carboxylic acid groups (broad SMARTS) is 2. The Kier molecular flexibility index (Phi) is 62.4. The summed E-state index contributed by atoms with van der Waals surface area (Å²) in [6, 6.07) is 0. The minimum Gasteiger partial charge on any atom is -0.550 e. The van der Waals surface area contributed by atoms with Crippen molar-refractivity contribution < 1.29 is 38.9 Å². The van der Waals surface area contributed by atoms with E-state index in [4.69, 9.17) is 9.47 Å². The first-order valence-corrected chi connectivity index (χ1v) is 27.0. The second-order valence-corrected chi connectivity index (χ2v) is 18.3. The molecule has 0 aliphatic carbocycles. The van der Waals surface area contributed by atoms with Crippen LogP contribution in [0.1, 0.15) is 309 Å². The predicted molar refractivity (Wildman–Crippen MR) is 261 cm³/mol. The molecule has 0 aromatic carbocycles. The largest absolute Gasteiger partial charge is 2.00 e. The third-order valence-electron chi connectivity index (χ3n) is 12.0. The number of aliphatic carboxylic acids is 2. The maximum atomic E-state index is 11.4. The van der Waals surface area contributed by atoms with E-state index < -0.39 is 11.9 Å². The van der Waals surface area contributed by atoms with Crippen molar-refractivity contribution in [2.75, 3.05) is 13.2 Å². The van der Waals surface area contributed by atoms with Crippen LogP contribution in [0.25, 0.3) is 0 Å². The summed E-state index contributed by atoms with van der Waals surface area (Å²) in [5.74, 6) is -2.80. The van der Waals surface area contributed by atoms with Crippen molar-refractivity contribution in [1.29, 1.82) is 0 Å². The van der Waals surface area contributed by atoms with Crippen molar-refractivity contribution in [3.8, 4) is 0 Å². The molecule has 0 aromatic heterocycles. The van der Waals surface area contributed by atoms with Gasteiger partial charge in [0, 0.05) is 24.8 Å². The molecule has 0 radical (unpaired) electrons. The van der Waals surface area contributed by atoms with Gasteiger partial charge >= 0.3 is 49.7 Å². The van der Waals surface area contributed by atoms with Crippen LogP contribution in [0.15, 0.2) is 0 Å².